The van der Waals surface area contributed by atoms with Crippen molar-refractivity contribution >= 4 is 11.7 Å². The Bertz CT molecular complexity index is 340. The van der Waals surface area contributed by atoms with Crippen LogP contribution in [0.3, 0.4) is 0 Å². The number of para-hydroxylation sites is 1. The molecule has 0 bridgehead atoms. The zero-order valence-corrected chi connectivity index (χ0v) is 8.27. The van der Waals surface area contributed by atoms with Crippen molar-refractivity contribution in [3.05, 3.63) is 29.8 Å². The quantitative estimate of drug-likeness (QED) is 0.711. The van der Waals surface area contributed by atoms with E-state index in [-0.39, 0.29) is 25.2 Å². The van der Waals surface area contributed by atoms with E-state index in [1.54, 1.807) is 0 Å². The van der Waals surface area contributed by atoms with Crippen LogP contribution in [-0.2, 0) is 16.0 Å². The number of ether oxygens (including phenoxy) is 1. The molecule has 0 aromatic heterocycles. The zero-order valence-electron chi connectivity index (χ0n) is 8.27. The molecule has 0 saturated carbocycles. The van der Waals surface area contributed by atoms with Crippen LogP contribution in [0.4, 0.5) is 5.69 Å². The summed E-state index contributed by atoms with van der Waals surface area (Å²) in [7, 11) is 0. The van der Waals surface area contributed by atoms with Crippen molar-refractivity contribution in [1.29, 1.82) is 0 Å². The second-order valence-corrected chi connectivity index (χ2v) is 3.45. The second kappa shape index (κ2) is 4.31. The fourth-order valence-corrected chi connectivity index (χ4v) is 1.69. The first-order valence-electron chi connectivity index (χ1n) is 4.93. The van der Waals surface area contributed by atoms with E-state index < -0.39 is 0 Å². The largest absolute Gasteiger partial charge is 0.462 e. The molecule has 2 N–H and O–H groups in total. The molecule has 1 aliphatic heterocycles. The number of aliphatic hydroxyl groups is 1. The van der Waals surface area contributed by atoms with Gasteiger partial charge in [0.25, 0.3) is 0 Å². The van der Waals surface area contributed by atoms with Crippen LogP contribution in [0.2, 0.25) is 0 Å². The minimum absolute atomic E-state index is 0.0629. The van der Waals surface area contributed by atoms with Gasteiger partial charge in [0, 0.05) is 12.1 Å². The van der Waals surface area contributed by atoms with Crippen LogP contribution in [0.5, 0.6) is 0 Å². The molecule has 1 aromatic carbocycles. The van der Waals surface area contributed by atoms with E-state index in [2.05, 4.69) is 5.32 Å². The molecule has 1 aliphatic rings. The summed E-state index contributed by atoms with van der Waals surface area (Å²) in [5.74, 6) is -0.305. The molecule has 0 unspecified atom stereocenters. The minimum Gasteiger partial charge on any atom is -0.462 e. The highest BCUT2D eigenvalue weighted by Crippen LogP contribution is 2.25. The summed E-state index contributed by atoms with van der Waals surface area (Å²) in [5, 5.41) is 11.6. The Morgan fingerprint density at radius 1 is 1.53 bits per heavy atom. The fourth-order valence-electron chi connectivity index (χ4n) is 1.69. The normalized spacial score (nSPS) is 18.1. The van der Waals surface area contributed by atoms with Crippen LogP contribution in [0.1, 0.15) is 5.56 Å². The van der Waals surface area contributed by atoms with Gasteiger partial charge in [-0.2, -0.15) is 0 Å². The van der Waals surface area contributed by atoms with Crippen LogP contribution in [-0.4, -0.2) is 30.3 Å². The summed E-state index contributed by atoms with van der Waals surface area (Å²) >= 11 is 0. The SMILES string of the molecule is O=C(OCCO)[C@H]1Cc2ccccc2N1. The van der Waals surface area contributed by atoms with Gasteiger partial charge in [0.1, 0.15) is 12.6 Å². The lowest BCUT2D eigenvalue weighted by Gasteiger charge is -2.09. The van der Waals surface area contributed by atoms with Crippen molar-refractivity contribution in [2.75, 3.05) is 18.5 Å². The molecule has 0 amide bonds. The van der Waals surface area contributed by atoms with Crippen LogP contribution in [0.15, 0.2) is 24.3 Å². The lowest BCUT2D eigenvalue weighted by atomic mass is 10.1. The number of rotatable bonds is 3. The molecule has 0 aliphatic carbocycles. The molecule has 15 heavy (non-hydrogen) atoms. The fraction of sp³-hybridized carbons (Fsp3) is 0.364. The molecule has 80 valence electrons. The van der Waals surface area contributed by atoms with Crippen molar-refractivity contribution in [2.24, 2.45) is 0 Å². The Balaban J connectivity index is 1.98. The number of anilines is 1. The van der Waals surface area contributed by atoms with Gasteiger partial charge in [-0.1, -0.05) is 18.2 Å². The Labute approximate surface area is 87.9 Å². The number of hydrogen-bond acceptors (Lipinski definition) is 4. The van der Waals surface area contributed by atoms with Gasteiger partial charge in [-0.15, -0.1) is 0 Å². The number of fused-ring (bicyclic) bond motifs is 1. The van der Waals surface area contributed by atoms with E-state index in [0.717, 1.165) is 11.3 Å². The third-order valence-electron chi connectivity index (χ3n) is 2.39. The molecule has 1 heterocycles. The summed E-state index contributed by atoms with van der Waals surface area (Å²) in [4.78, 5) is 11.5. The number of carbonyl (C=O) groups excluding carboxylic acids is 1. The van der Waals surface area contributed by atoms with E-state index in [4.69, 9.17) is 9.84 Å². The first-order valence-corrected chi connectivity index (χ1v) is 4.93. The van der Waals surface area contributed by atoms with Gasteiger partial charge in [0.15, 0.2) is 0 Å². The molecule has 0 radical (unpaired) electrons. The van der Waals surface area contributed by atoms with Gasteiger partial charge in [0.2, 0.25) is 0 Å². The van der Waals surface area contributed by atoms with Crippen LogP contribution in [0, 0.1) is 0 Å². The summed E-state index contributed by atoms with van der Waals surface area (Å²) < 4.78 is 4.85. The van der Waals surface area contributed by atoms with E-state index in [9.17, 15) is 4.79 Å². The average Bonchev–Trinajstić information content (AvgIpc) is 2.69. The number of esters is 1. The average molecular weight is 207 g/mol. The van der Waals surface area contributed by atoms with Crippen molar-refractivity contribution in [3.8, 4) is 0 Å². The van der Waals surface area contributed by atoms with E-state index in [1.165, 1.54) is 0 Å². The highest BCUT2D eigenvalue weighted by Gasteiger charge is 2.27. The smallest absolute Gasteiger partial charge is 0.328 e. The van der Waals surface area contributed by atoms with E-state index in [0.29, 0.717) is 6.42 Å². The lowest BCUT2D eigenvalue weighted by molar-refractivity contribution is -0.145. The number of nitrogens with one attached hydrogen (secondary N) is 1. The maximum absolute atomic E-state index is 11.5. The summed E-state index contributed by atoms with van der Waals surface area (Å²) in [6, 6.07) is 7.49. The molecule has 4 heteroatoms. The molecule has 1 atom stereocenters. The second-order valence-electron chi connectivity index (χ2n) is 3.45. The van der Waals surface area contributed by atoms with Crippen molar-refractivity contribution < 1.29 is 14.6 Å². The highest BCUT2D eigenvalue weighted by molar-refractivity contribution is 5.82. The van der Waals surface area contributed by atoms with Crippen molar-refractivity contribution in [1.82, 2.24) is 0 Å². The summed E-state index contributed by atoms with van der Waals surface area (Å²) in [6.07, 6.45) is 0.653. The topological polar surface area (TPSA) is 58.6 Å². The summed E-state index contributed by atoms with van der Waals surface area (Å²) in [6.45, 7) is -0.0707. The third kappa shape index (κ3) is 2.10. The molecule has 1 aromatic rings. The number of benzene rings is 1. The van der Waals surface area contributed by atoms with Crippen molar-refractivity contribution in [2.45, 2.75) is 12.5 Å². The molecule has 4 nitrogen and oxygen atoms in total. The Hall–Kier alpha value is -1.55. The standard InChI is InChI=1S/C11H13NO3/c13-5-6-15-11(14)10-7-8-3-1-2-4-9(8)12-10/h1-4,10,12-13H,5-7H2/t10-/m1/s1. The number of aliphatic hydroxyl groups excluding tert-OH is 1. The Morgan fingerprint density at radius 2 is 2.33 bits per heavy atom. The first-order chi connectivity index (χ1) is 7.31. The van der Waals surface area contributed by atoms with Crippen LogP contribution >= 0.6 is 0 Å². The molecule has 2 rings (SSSR count). The summed E-state index contributed by atoms with van der Waals surface area (Å²) in [5.41, 5.74) is 2.12. The highest BCUT2D eigenvalue weighted by atomic mass is 16.5. The van der Waals surface area contributed by atoms with Gasteiger partial charge in [-0.05, 0) is 11.6 Å². The van der Waals surface area contributed by atoms with Gasteiger partial charge in [-0.25, -0.2) is 4.79 Å². The van der Waals surface area contributed by atoms with E-state index >= 15 is 0 Å². The minimum atomic E-state index is -0.311. The number of hydrogen-bond donors (Lipinski definition) is 2. The molecular weight excluding hydrogens is 194 g/mol. The van der Waals surface area contributed by atoms with Gasteiger partial charge in [0.05, 0.1) is 6.61 Å². The third-order valence-corrected chi connectivity index (χ3v) is 2.39. The predicted octanol–water partition coefficient (Wildman–Crippen LogP) is 0.559. The van der Waals surface area contributed by atoms with Gasteiger partial charge < -0.3 is 15.2 Å². The van der Waals surface area contributed by atoms with E-state index in [1.807, 2.05) is 24.3 Å². The van der Waals surface area contributed by atoms with Crippen LogP contribution in [0.25, 0.3) is 0 Å². The first kappa shape index (κ1) is 9.98. The van der Waals surface area contributed by atoms with Crippen LogP contribution < -0.4 is 5.32 Å². The van der Waals surface area contributed by atoms with Gasteiger partial charge >= 0.3 is 5.97 Å². The molecular formula is C11H13NO3. The Morgan fingerprint density at radius 3 is 3.07 bits per heavy atom. The molecule has 0 fully saturated rings. The maximum atomic E-state index is 11.5. The zero-order chi connectivity index (χ0) is 10.7. The monoisotopic (exact) mass is 207 g/mol. The van der Waals surface area contributed by atoms with Gasteiger partial charge in [-0.3, -0.25) is 0 Å². The molecule has 0 spiro atoms. The molecule has 0 saturated heterocycles. The maximum Gasteiger partial charge on any atom is 0.328 e. The van der Waals surface area contributed by atoms with Crippen molar-refractivity contribution in [3.63, 3.8) is 0 Å². The Kier molecular flexibility index (Phi) is 2.87. The number of carbonyl (C=O) groups is 1. The predicted molar refractivity (Wildman–Crippen MR) is 55.6 cm³/mol. The lowest BCUT2D eigenvalue weighted by Crippen LogP contribution is -2.29.